The fourth-order valence-corrected chi connectivity index (χ4v) is 2.69. The molecule has 2 rings (SSSR count). The van der Waals surface area contributed by atoms with Crippen molar-refractivity contribution in [3.05, 3.63) is 28.8 Å². The number of carbonyl (C=O) groups is 2. The molecule has 8 heteroatoms. The van der Waals surface area contributed by atoms with Gasteiger partial charge >= 0.3 is 0 Å². The summed E-state index contributed by atoms with van der Waals surface area (Å²) in [4.78, 5) is 24.4. The van der Waals surface area contributed by atoms with Gasteiger partial charge in [0.25, 0.3) is 5.91 Å². The van der Waals surface area contributed by atoms with Gasteiger partial charge in [0.15, 0.2) is 0 Å². The van der Waals surface area contributed by atoms with E-state index >= 15 is 0 Å². The normalized spacial score (nSPS) is 17.2. The Kier molecular flexibility index (Phi) is 8.83. The van der Waals surface area contributed by atoms with Gasteiger partial charge in [0.1, 0.15) is 0 Å². The van der Waals surface area contributed by atoms with Gasteiger partial charge in [-0.3, -0.25) is 9.59 Å². The van der Waals surface area contributed by atoms with E-state index in [2.05, 4.69) is 16.0 Å². The van der Waals surface area contributed by atoms with Gasteiger partial charge in [-0.05, 0) is 38.5 Å². The first-order chi connectivity index (χ1) is 11.8. The summed E-state index contributed by atoms with van der Waals surface area (Å²) in [6, 6.07) is 4.92. The average Bonchev–Trinajstić information content (AvgIpc) is 2.55. The average molecular weight is 404 g/mol. The Morgan fingerprint density at radius 1 is 1.38 bits per heavy atom. The number of morpholine rings is 1. The van der Waals surface area contributed by atoms with E-state index < -0.39 is 0 Å². The molecule has 1 saturated heterocycles. The molecule has 0 aromatic heterocycles. The van der Waals surface area contributed by atoms with Crippen molar-refractivity contribution in [3.8, 4) is 0 Å². The number of nitrogens with one attached hydrogen (secondary N) is 3. The number of rotatable bonds is 6. The molecule has 6 nitrogen and oxygen atoms in total. The number of amides is 2. The van der Waals surface area contributed by atoms with Crippen molar-refractivity contribution in [2.45, 2.75) is 45.2 Å². The van der Waals surface area contributed by atoms with Gasteiger partial charge in [0.05, 0.1) is 23.8 Å². The van der Waals surface area contributed by atoms with Crippen molar-refractivity contribution in [1.82, 2.24) is 10.6 Å². The summed E-state index contributed by atoms with van der Waals surface area (Å²) in [6.45, 7) is 7.87. The molecule has 0 spiro atoms. The Bertz CT molecular complexity index is 632. The Labute approximate surface area is 165 Å². The SMILES string of the molecule is CCC(C)(C)NC(=O)c1ccc(NC(=O)CC2COCCN2)cc1Cl.Cl. The lowest BCUT2D eigenvalue weighted by atomic mass is 10.0. The first-order valence-electron chi connectivity index (χ1n) is 8.54. The molecule has 0 aliphatic carbocycles. The molecule has 1 aromatic rings. The minimum Gasteiger partial charge on any atom is -0.378 e. The van der Waals surface area contributed by atoms with E-state index in [0.29, 0.717) is 35.9 Å². The van der Waals surface area contributed by atoms with Crippen LogP contribution in [0.3, 0.4) is 0 Å². The van der Waals surface area contributed by atoms with Crippen LogP contribution in [0.4, 0.5) is 5.69 Å². The summed E-state index contributed by atoms with van der Waals surface area (Å²) in [5.41, 5.74) is 0.657. The van der Waals surface area contributed by atoms with Gasteiger partial charge < -0.3 is 20.7 Å². The highest BCUT2D eigenvalue weighted by atomic mass is 35.5. The highest BCUT2D eigenvalue weighted by Gasteiger charge is 2.21. The molecule has 3 N–H and O–H groups in total. The molecule has 1 aliphatic heterocycles. The largest absolute Gasteiger partial charge is 0.378 e. The number of anilines is 1. The summed E-state index contributed by atoms with van der Waals surface area (Å²) in [5.74, 6) is -0.346. The third-order valence-electron chi connectivity index (χ3n) is 4.26. The first-order valence-corrected chi connectivity index (χ1v) is 8.91. The van der Waals surface area contributed by atoms with Crippen LogP contribution in [-0.4, -0.2) is 43.2 Å². The lowest BCUT2D eigenvalue weighted by Gasteiger charge is -2.25. The van der Waals surface area contributed by atoms with Gasteiger partial charge in [-0.1, -0.05) is 18.5 Å². The second kappa shape index (κ2) is 10.1. The van der Waals surface area contributed by atoms with Crippen LogP contribution in [-0.2, 0) is 9.53 Å². The zero-order chi connectivity index (χ0) is 18.4. The van der Waals surface area contributed by atoms with Crippen LogP contribution in [0.2, 0.25) is 5.02 Å². The Morgan fingerprint density at radius 2 is 2.12 bits per heavy atom. The number of hydrogen-bond acceptors (Lipinski definition) is 4. The number of halogens is 2. The maximum atomic E-state index is 12.3. The monoisotopic (exact) mass is 403 g/mol. The van der Waals surface area contributed by atoms with Crippen LogP contribution in [0.15, 0.2) is 18.2 Å². The van der Waals surface area contributed by atoms with Crippen molar-refractivity contribution >= 4 is 41.5 Å². The fourth-order valence-electron chi connectivity index (χ4n) is 2.43. The highest BCUT2D eigenvalue weighted by molar-refractivity contribution is 6.34. The van der Waals surface area contributed by atoms with Crippen molar-refractivity contribution in [1.29, 1.82) is 0 Å². The molecule has 26 heavy (non-hydrogen) atoms. The molecule has 1 fully saturated rings. The summed E-state index contributed by atoms with van der Waals surface area (Å²) in [5, 5.41) is 9.29. The molecular formula is C18H27Cl2N3O3. The van der Waals surface area contributed by atoms with E-state index in [4.69, 9.17) is 16.3 Å². The van der Waals surface area contributed by atoms with E-state index in [1.54, 1.807) is 18.2 Å². The molecule has 0 radical (unpaired) electrons. The summed E-state index contributed by atoms with van der Waals surface area (Å²) in [6.07, 6.45) is 1.13. The lowest BCUT2D eigenvalue weighted by molar-refractivity contribution is -0.117. The Hall–Kier alpha value is -1.34. The third-order valence-corrected chi connectivity index (χ3v) is 4.58. The molecule has 2 amide bonds. The molecule has 1 heterocycles. The molecule has 0 bridgehead atoms. The van der Waals surface area contributed by atoms with Crippen molar-refractivity contribution in [2.75, 3.05) is 25.1 Å². The topological polar surface area (TPSA) is 79.5 Å². The Balaban J connectivity index is 0.00000338. The van der Waals surface area contributed by atoms with Crippen molar-refractivity contribution < 1.29 is 14.3 Å². The van der Waals surface area contributed by atoms with Gasteiger partial charge in [-0.15, -0.1) is 12.4 Å². The molecule has 0 saturated carbocycles. The molecule has 1 aliphatic rings. The van der Waals surface area contributed by atoms with E-state index in [1.807, 2.05) is 20.8 Å². The maximum Gasteiger partial charge on any atom is 0.253 e. The molecule has 146 valence electrons. The second-order valence-electron chi connectivity index (χ2n) is 6.86. The van der Waals surface area contributed by atoms with Crippen LogP contribution >= 0.6 is 24.0 Å². The summed E-state index contributed by atoms with van der Waals surface area (Å²) >= 11 is 6.23. The van der Waals surface area contributed by atoms with Gasteiger partial charge in [0.2, 0.25) is 5.91 Å². The number of benzene rings is 1. The standard InChI is InChI=1S/C18H26ClN3O3.ClH/c1-4-18(2,3)22-17(24)14-6-5-12(9-15(14)19)21-16(23)10-13-11-25-8-7-20-13;/h5-6,9,13,20H,4,7-8,10-11H2,1-3H3,(H,21,23)(H,22,24);1H. The van der Waals surface area contributed by atoms with Crippen molar-refractivity contribution in [3.63, 3.8) is 0 Å². The minimum atomic E-state index is -0.303. The van der Waals surface area contributed by atoms with Crippen LogP contribution in [0.25, 0.3) is 0 Å². The van der Waals surface area contributed by atoms with E-state index in [0.717, 1.165) is 13.0 Å². The van der Waals surface area contributed by atoms with Gasteiger partial charge in [-0.25, -0.2) is 0 Å². The maximum absolute atomic E-state index is 12.3. The van der Waals surface area contributed by atoms with Crippen LogP contribution in [0.1, 0.15) is 44.0 Å². The van der Waals surface area contributed by atoms with Gasteiger partial charge in [-0.2, -0.15) is 0 Å². The van der Waals surface area contributed by atoms with E-state index in [-0.39, 0.29) is 35.8 Å². The molecular weight excluding hydrogens is 377 g/mol. The predicted octanol–water partition coefficient (Wildman–Crippen LogP) is 3.00. The van der Waals surface area contributed by atoms with Crippen LogP contribution in [0.5, 0.6) is 0 Å². The number of ether oxygens (including phenoxy) is 1. The Morgan fingerprint density at radius 3 is 2.69 bits per heavy atom. The molecule has 1 aromatic carbocycles. The smallest absolute Gasteiger partial charge is 0.253 e. The third kappa shape index (κ3) is 6.76. The second-order valence-corrected chi connectivity index (χ2v) is 7.27. The summed E-state index contributed by atoms with van der Waals surface area (Å²) in [7, 11) is 0. The quantitative estimate of drug-likeness (QED) is 0.681. The van der Waals surface area contributed by atoms with Gasteiger partial charge in [0, 0.05) is 30.2 Å². The van der Waals surface area contributed by atoms with Crippen LogP contribution in [0, 0.1) is 0 Å². The minimum absolute atomic E-state index is 0. The zero-order valence-electron chi connectivity index (χ0n) is 15.4. The number of carbonyl (C=O) groups excluding carboxylic acids is 2. The summed E-state index contributed by atoms with van der Waals surface area (Å²) < 4.78 is 5.34. The van der Waals surface area contributed by atoms with Crippen LogP contribution < -0.4 is 16.0 Å². The molecule has 1 unspecified atom stereocenters. The highest BCUT2D eigenvalue weighted by Crippen LogP contribution is 2.22. The zero-order valence-corrected chi connectivity index (χ0v) is 16.9. The van der Waals surface area contributed by atoms with E-state index in [9.17, 15) is 9.59 Å². The molecule has 1 atom stereocenters. The van der Waals surface area contributed by atoms with Crippen molar-refractivity contribution in [2.24, 2.45) is 0 Å². The number of hydrogen-bond donors (Lipinski definition) is 3. The predicted molar refractivity (Wildman–Crippen MR) is 106 cm³/mol. The lowest BCUT2D eigenvalue weighted by Crippen LogP contribution is -2.43. The van der Waals surface area contributed by atoms with E-state index in [1.165, 1.54) is 0 Å². The first kappa shape index (κ1) is 22.7. The fraction of sp³-hybridized carbons (Fsp3) is 0.556.